The standard InChI is InChI=1S/C14H19N3O2S.ClH/c1-10(15-2)7-13-16-14(19-17-13)9-20-12-6-4-5-11(8-12)18-3;/h4-6,8,10,15H,7,9H2,1-3H3;1H. The lowest BCUT2D eigenvalue weighted by atomic mass is 10.2. The van der Waals surface area contributed by atoms with Gasteiger partial charge in [-0.3, -0.25) is 0 Å². The third-order valence-corrected chi connectivity index (χ3v) is 3.87. The van der Waals surface area contributed by atoms with Crippen LogP contribution in [0.1, 0.15) is 18.6 Å². The molecule has 1 heterocycles. The summed E-state index contributed by atoms with van der Waals surface area (Å²) >= 11 is 1.65. The van der Waals surface area contributed by atoms with Crippen molar-refractivity contribution in [1.82, 2.24) is 15.5 Å². The Balaban J connectivity index is 0.00000220. The highest BCUT2D eigenvalue weighted by atomic mass is 35.5. The lowest BCUT2D eigenvalue weighted by Gasteiger charge is -2.04. The summed E-state index contributed by atoms with van der Waals surface area (Å²) in [4.78, 5) is 5.50. The van der Waals surface area contributed by atoms with Crippen LogP contribution in [0.5, 0.6) is 5.75 Å². The van der Waals surface area contributed by atoms with Gasteiger partial charge in [-0.25, -0.2) is 0 Å². The molecular formula is C14H20ClN3O2S. The Bertz CT molecular complexity index is 551. The van der Waals surface area contributed by atoms with Crippen molar-refractivity contribution in [1.29, 1.82) is 0 Å². The molecule has 1 aromatic heterocycles. The Labute approximate surface area is 135 Å². The molecule has 0 saturated heterocycles. The highest BCUT2D eigenvalue weighted by Gasteiger charge is 2.09. The zero-order valence-corrected chi connectivity index (χ0v) is 14.0. The van der Waals surface area contributed by atoms with Gasteiger partial charge in [0.1, 0.15) is 5.75 Å². The molecular weight excluding hydrogens is 310 g/mol. The summed E-state index contributed by atoms with van der Waals surface area (Å²) in [7, 11) is 3.58. The molecule has 1 atom stereocenters. The van der Waals surface area contributed by atoms with Crippen molar-refractivity contribution in [3.63, 3.8) is 0 Å². The van der Waals surface area contributed by atoms with Crippen molar-refractivity contribution >= 4 is 24.2 Å². The molecule has 0 bridgehead atoms. The minimum absolute atomic E-state index is 0. The molecule has 5 nitrogen and oxygen atoms in total. The van der Waals surface area contributed by atoms with E-state index in [1.165, 1.54) is 0 Å². The molecule has 116 valence electrons. The fourth-order valence-corrected chi connectivity index (χ4v) is 2.43. The summed E-state index contributed by atoms with van der Waals surface area (Å²) in [5.74, 6) is 2.90. The first-order valence-corrected chi connectivity index (χ1v) is 7.45. The fourth-order valence-electron chi connectivity index (χ4n) is 1.64. The van der Waals surface area contributed by atoms with Gasteiger partial charge in [0, 0.05) is 17.4 Å². The number of hydrogen-bond donors (Lipinski definition) is 1. The first-order chi connectivity index (χ1) is 9.71. The predicted molar refractivity (Wildman–Crippen MR) is 86.3 cm³/mol. The van der Waals surface area contributed by atoms with E-state index < -0.39 is 0 Å². The number of benzene rings is 1. The second-order valence-electron chi connectivity index (χ2n) is 4.47. The average molecular weight is 330 g/mol. The summed E-state index contributed by atoms with van der Waals surface area (Å²) in [6.45, 7) is 2.08. The fraction of sp³-hybridized carbons (Fsp3) is 0.429. The SMILES string of the molecule is CNC(C)Cc1noc(CSc2cccc(OC)c2)n1.Cl. The van der Waals surface area contributed by atoms with E-state index in [-0.39, 0.29) is 12.4 Å². The number of aromatic nitrogens is 2. The van der Waals surface area contributed by atoms with Crippen LogP contribution in [0.3, 0.4) is 0 Å². The van der Waals surface area contributed by atoms with Gasteiger partial charge < -0.3 is 14.6 Å². The quantitative estimate of drug-likeness (QED) is 0.788. The maximum absolute atomic E-state index is 5.25. The first-order valence-electron chi connectivity index (χ1n) is 6.47. The van der Waals surface area contributed by atoms with Crippen LogP contribution in [-0.4, -0.2) is 30.3 Å². The number of nitrogens with one attached hydrogen (secondary N) is 1. The van der Waals surface area contributed by atoms with Gasteiger partial charge in [0.15, 0.2) is 5.82 Å². The average Bonchev–Trinajstić information content (AvgIpc) is 2.92. The summed E-state index contributed by atoms with van der Waals surface area (Å²) in [5.41, 5.74) is 0. The molecule has 1 unspecified atom stereocenters. The van der Waals surface area contributed by atoms with E-state index in [0.29, 0.717) is 17.7 Å². The van der Waals surface area contributed by atoms with Gasteiger partial charge in [-0.2, -0.15) is 4.98 Å². The summed E-state index contributed by atoms with van der Waals surface area (Å²) in [6, 6.07) is 8.26. The summed E-state index contributed by atoms with van der Waals surface area (Å²) < 4.78 is 10.4. The third-order valence-electron chi connectivity index (χ3n) is 2.90. The molecule has 0 saturated carbocycles. The molecule has 1 N–H and O–H groups in total. The molecule has 0 aliphatic heterocycles. The van der Waals surface area contributed by atoms with Gasteiger partial charge in [0.25, 0.3) is 0 Å². The zero-order valence-electron chi connectivity index (χ0n) is 12.3. The van der Waals surface area contributed by atoms with Crippen molar-refractivity contribution < 1.29 is 9.26 Å². The Kier molecular flexibility index (Phi) is 7.56. The number of ether oxygens (including phenoxy) is 1. The molecule has 0 fully saturated rings. The van der Waals surface area contributed by atoms with Crippen LogP contribution in [0.25, 0.3) is 0 Å². The van der Waals surface area contributed by atoms with Gasteiger partial charge in [0.05, 0.1) is 12.9 Å². The molecule has 0 spiro atoms. The van der Waals surface area contributed by atoms with Gasteiger partial charge in [-0.1, -0.05) is 11.2 Å². The van der Waals surface area contributed by atoms with Gasteiger partial charge in [-0.15, -0.1) is 24.2 Å². The van der Waals surface area contributed by atoms with Crippen molar-refractivity contribution in [3.8, 4) is 5.75 Å². The normalized spacial score (nSPS) is 11.8. The number of rotatable bonds is 7. The maximum Gasteiger partial charge on any atom is 0.237 e. The minimum Gasteiger partial charge on any atom is -0.497 e. The van der Waals surface area contributed by atoms with E-state index in [2.05, 4.69) is 22.4 Å². The van der Waals surface area contributed by atoms with Gasteiger partial charge in [0.2, 0.25) is 5.89 Å². The number of halogens is 1. The van der Waals surface area contributed by atoms with Gasteiger partial charge >= 0.3 is 0 Å². The lowest BCUT2D eigenvalue weighted by Crippen LogP contribution is -2.24. The van der Waals surface area contributed by atoms with E-state index >= 15 is 0 Å². The molecule has 1 aromatic carbocycles. The van der Waals surface area contributed by atoms with Crippen LogP contribution in [-0.2, 0) is 12.2 Å². The minimum atomic E-state index is 0. The van der Waals surface area contributed by atoms with Crippen LogP contribution in [0.15, 0.2) is 33.7 Å². The van der Waals surface area contributed by atoms with E-state index in [4.69, 9.17) is 9.26 Å². The number of hydrogen-bond acceptors (Lipinski definition) is 6. The van der Waals surface area contributed by atoms with Crippen molar-refractivity contribution in [3.05, 3.63) is 36.0 Å². The largest absolute Gasteiger partial charge is 0.497 e. The molecule has 2 rings (SSSR count). The first kappa shape index (κ1) is 17.8. The molecule has 7 heteroatoms. The Hall–Kier alpha value is -1.24. The van der Waals surface area contributed by atoms with Crippen LogP contribution >= 0.6 is 24.2 Å². The van der Waals surface area contributed by atoms with E-state index in [1.54, 1.807) is 18.9 Å². The molecule has 0 amide bonds. The Morgan fingerprint density at radius 3 is 2.95 bits per heavy atom. The Morgan fingerprint density at radius 2 is 2.24 bits per heavy atom. The second kappa shape index (κ2) is 8.92. The number of thioether (sulfide) groups is 1. The van der Waals surface area contributed by atoms with E-state index in [0.717, 1.165) is 22.9 Å². The third kappa shape index (κ3) is 5.57. The van der Waals surface area contributed by atoms with Crippen LogP contribution < -0.4 is 10.1 Å². The topological polar surface area (TPSA) is 60.2 Å². The smallest absolute Gasteiger partial charge is 0.237 e. The highest BCUT2D eigenvalue weighted by molar-refractivity contribution is 7.98. The predicted octanol–water partition coefficient (Wildman–Crippen LogP) is 2.94. The van der Waals surface area contributed by atoms with Crippen molar-refractivity contribution in [2.24, 2.45) is 0 Å². The summed E-state index contributed by atoms with van der Waals surface area (Å²) in [5, 5.41) is 7.14. The van der Waals surface area contributed by atoms with Gasteiger partial charge in [-0.05, 0) is 32.2 Å². The maximum atomic E-state index is 5.25. The highest BCUT2D eigenvalue weighted by Crippen LogP contribution is 2.25. The van der Waals surface area contributed by atoms with E-state index in [1.807, 2.05) is 31.3 Å². The van der Waals surface area contributed by atoms with Crippen molar-refractivity contribution in [2.45, 2.75) is 30.0 Å². The monoisotopic (exact) mass is 329 g/mol. The number of methoxy groups -OCH3 is 1. The second-order valence-corrected chi connectivity index (χ2v) is 5.51. The van der Waals surface area contributed by atoms with E-state index in [9.17, 15) is 0 Å². The molecule has 0 aliphatic rings. The molecule has 0 aliphatic carbocycles. The lowest BCUT2D eigenvalue weighted by molar-refractivity contribution is 0.382. The summed E-state index contributed by atoms with van der Waals surface area (Å²) in [6.07, 6.45) is 0.768. The number of likely N-dealkylation sites (N-methyl/N-ethyl adjacent to an activating group) is 1. The van der Waals surface area contributed by atoms with Crippen molar-refractivity contribution in [2.75, 3.05) is 14.2 Å². The van der Waals surface area contributed by atoms with Crippen LogP contribution in [0.2, 0.25) is 0 Å². The Morgan fingerprint density at radius 1 is 1.43 bits per heavy atom. The number of nitrogens with zero attached hydrogens (tertiary/aromatic N) is 2. The molecule has 2 aromatic rings. The van der Waals surface area contributed by atoms with Crippen LogP contribution in [0, 0.1) is 0 Å². The van der Waals surface area contributed by atoms with Crippen LogP contribution in [0.4, 0.5) is 0 Å². The molecule has 21 heavy (non-hydrogen) atoms. The molecule has 0 radical (unpaired) electrons. The zero-order chi connectivity index (χ0) is 14.4.